The average molecular weight is 297 g/mol. The molecule has 6 nitrogen and oxygen atoms in total. The number of carboxylic acid groups (broad SMARTS) is 1. The summed E-state index contributed by atoms with van der Waals surface area (Å²) in [4.78, 5) is 25.0. The van der Waals surface area contributed by atoms with Gasteiger partial charge in [-0.15, -0.1) is 11.8 Å². The lowest BCUT2D eigenvalue weighted by molar-refractivity contribution is -0.140. The van der Waals surface area contributed by atoms with E-state index in [1.165, 1.54) is 30.9 Å². The zero-order valence-corrected chi connectivity index (χ0v) is 12.0. The Morgan fingerprint density at radius 3 is 2.70 bits per heavy atom. The van der Waals surface area contributed by atoms with E-state index in [2.05, 4.69) is 0 Å². The van der Waals surface area contributed by atoms with Gasteiger partial charge >= 0.3 is 5.97 Å². The topological polar surface area (TPSA) is 76.1 Å². The van der Waals surface area contributed by atoms with Gasteiger partial charge in [-0.05, 0) is 18.2 Å². The van der Waals surface area contributed by atoms with Crippen LogP contribution < -0.4 is 9.47 Å². The summed E-state index contributed by atoms with van der Waals surface area (Å²) >= 11 is 1.42. The lowest BCUT2D eigenvalue weighted by Crippen LogP contribution is -2.41. The molecule has 20 heavy (non-hydrogen) atoms. The van der Waals surface area contributed by atoms with Crippen LogP contribution in [0.2, 0.25) is 0 Å². The van der Waals surface area contributed by atoms with E-state index in [4.69, 9.17) is 14.6 Å². The molecule has 7 heteroatoms. The van der Waals surface area contributed by atoms with Gasteiger partial charge in [0.1, 0.15) is 17.5 Å². The van der Waals surface area contributed by atoms with Crippen molar-refractivity contribution in [3.8, 4) is 11.5 Å². The Morgan fingerprint density at radius 2 is 2.10 bits per heavy atom. The van der Waals surface area contributed by atoms with Crippen molar-refractivity contribution in [3.05, 3.63) is 23.8 Å². The van der Waals surface area contributed by atoms with E-state index in [0.717, 1.165) is 0 Å². The second-order valence-electron chi connectivity index (χ2n) is 4.20. The number of hydrogen-bond acceptors (Lipinski definition) is 5. The number of ether oxygens (including phenoxy) is 2. The highest BCUT2D eigenvalue weighted by atomic mass is 32.2. The third-order valence-electron chi connectivity index (χ3n) is 3.07. The first-order valence-corrected chi connectivity index (χ1v) is 7.07. The lowest BCUT2D eigenvalue weighted by atomic mass is 10.1. The number of carbonyl (C=O) groups excluding carboxylic acids is 1. The van der Waals surface area contributed by atoms with Gasteiger partial charge in [-0.3, -0.25) is 4.79 Å². The van der Waals surface area contributed by atoms with E-state index in [9.17, 15) is 9.59 Å². The summed E-state index contributed by atoms with van der Waals surface area (Å²) in [5, 5.41) is 9.14. The fourth-order valence-corrected chi connectivity index (χ4v) is 3.13. The van der Waals surface area contributed by atoms with Crippen molar-refractivity contribution in [3.63, 3.8) is 0 Å². The average Bonchev–Trinajstić information content (AvgIpc) is 2.95. The van der Waals surface area contributed by atoms with E-state index in [-0.39, 0.29) is 5.91 Å². The quantitative estimate of drug-likeness (QED) is 0.903. The third kappa shape index (κ3) is 2.67. The van der Waals surface area contributed by atoms with Crippen LogP contribution in [0.3, 0.4) is 0 Å². The van der Waals surface area contributed by atoms with Crippen LogP contribution in [-0.4, -0.2) is 53.8 Å². The Balaban J connectivity index is 2.34. The number of carboxylic acids is 1. The molecule has 0 radical (unpaired) electrons. The van der Waals surface area contributed by atoms with Gasteiger partial charge in [0.05, 0.1) is 25.7 Å². The van der Waals surface area contributed by atoms with Crippen LogP contribution in [0.4, 0.5) is 0 Å². The van der Waals surface area contributed by atoms with E-state index in [1.807, 2.05) is 0 Å². The maximum absolute atomic E-state index is 12.5. The highest BCUT2D eigenvalue weighted by molar-refractivity contribution is 7.99. The SMILES string of the molecule is COc1ccc(OC)c(C(=O)N2CSCC2C(=O)O)c1. The fourth-order valence-electron chi connectivity index (χ4n) is 1.98. The lowest BCUT2D eigenvalue weighted by Gasteiger charge is -2.21. The van der Waals surface area contributed by atoms with Gasteiger partial charge in [0, 0.05) is 5.75 Å². The van der Waals surface area contributed by atoms with Crippen molar-refractivity contribution < 1.29 is 24.2 Å². The second-order valence-corrected chi connectivity index (χ2v) is 5.19. The number of benzene rings is 1. The van der Waals surface area contributed by atoms with Crippen molar-refractivity contribution in [1.82, 2.24) is 4.90 Å². The fraction of sp³-hybridized carbons (Fsp3) is 0.385. The summed E-state index contributed by atoms with van der Waals surface area (Å²) < 4.78 is 10.3. The maximum atomic E-state index is 12.5. The number of hydrogen-bond donors (Lipinski definition) is 1. The van der Waals surface area contributed by atoms with Crippen LogP contribution >= 0.6 is 11.8 Å². The minimum absolute atomic E-state index is 0.306. The van der Waals surface area contributed by atoms with Crippen LogP contribution in [0.15, 0.2) is 18.2 Å². The predicted molar refractivity (Wildman–Crippen MR) is 74.5 cm³/mol. The summed E-state index contributed by atoms with van der Waals surface area (Å²) in [5.74, 6) is 0.317. The number of rotatable bonds is 4. The molecule has 1 atom stereocenters. The summed E-state index contributed by atoms with van der Waals surface area (Å²) in [7, 11) is 2.97. The zero-order valence-electron chi connectivity index (χ0n) is 11.2. The summed E-state index contributed by atoms with van der Waals surface area (Å²) in [6, 6.07) is 4.07. The molecule has 2 rings (SSSR count). The van der Waals surface area contributed by atoms with E-state index in [1.54, 1.807) is 18.2 Å². The van der Waals surface area contributed by atoms with Gasteiger partial charge in [0.15, 0.2) is 0 Å². The zero-order chi connectivity index (χ0) is 14.7. The monoisotopic (exact) mass is 297 g/mol. The van der Waals surface area contributed by atoms with Crippen LogP contribution in [0.25, 0.3) is 0 Å². The van der Waals surface area contributed by atoms with Gasteiger partial charge in [-0.25, -0.2) is 4.79 Å². The molecule has 1 aromatic carbocycles. The Labute approximate surface area is 120 Å². The van der Waals surface area contributed by atoms with Crippen LogP contribution in [-0.2, 0) is 4.79 Å². The van der Waals surface area contributed by atoms with Crippen LogP contribution in [0.5, 0.6) is 11.5 Å². The first-order valence-electron chi connectivity index (χ1n) is 5.92. The normalized spacial score (nSPS) is 17.9. The minimum atomic E-state index is -0.995. The number of nitrogens with zero attached hydrogens (tertiary/aromatic N) is 1. The van der Waals surface area contributed by atoms with E-state index < -0.39 is 12.0 Å². The third-order valence-corrected chi connectivity index (χ3v) is 4.08. The molecule has 1 aromatic rings. The molecule has 0 aromatic heterocycles. The van der Waals surface area contributed by atoms with Gasteiger partial charge in [-0.1, -0.05) is 0 Å². The van der Waals surface area contributed by atoms with Gasteiger partial charge in [-0.2, -0.15) is 0 Å². The molecule has 108 valence electrons. The highest BCUT2D eigenvalue weighted by Gasteiger charge is 2.36. The first kappa shape index (κ1) is 14.5. The van der Waals surface area contributed by atoms with Crippen molar-refractivity contribution in [1.29, 1.82) is 0 Å². The molecule has 1 fully saturated rings. The number of thioether (sulfide) groups is 1. The Kier molecular flexibility index (Phi) is 4.39. The number of carbonyl (C=O) groups is 2. The molecule has 0 spiro atoms. The molecule has 1 heterocycles. The molecule has 1 unspecified atom stereocenters. The summed E-state index contributed by atoms with van der Waals surface area (Å²) in [5.41, 5.74) is 0.306. The Bertz CT molecular complexity index is 533. The van der Waals surface area contributed by atoms with Crippen molar-refractivity contribution in [2.45, 2.75) is 6.04 Å². The van der Waals surface area contributed by atoms with Crippen LogP contribution in [0.1, 0.15) is 10.4 Å². The van der Waals surface area contributed by atoms with Gasteiger partial charge in [0.2, 0.25) is 0 Å². The molecule has 1 amide bonds. The molecular weight excluding hydrogens is 282 g/mol. The molecule has 0 saturated carbocycles. The smallest absolute Gasteiger partial charge is 0.327 e. The molecule has 1 aliphatic heterocycles. The van der Waals surface area contributed by atoms with Gasteiger partial charge in [0.25, 0.3) is 5.91 Å². The Morgan fingerprint density at radius 1 is 1.35 bits per heavy atom. The Hall–Kier alpha value is -1.89. The molecular formula is C13H15NO5S. The highest BCUT2D eigenvalue weighted by Crippen LogP contribution is 2.29. The van der Waals surface area contributed by atoms with E-state index in [0.29, 0.717) is 28.7 Å². The second kappa shape index (κ2) is 6.04. The predicted octanol–water partition coefficient (Wildman–Crippen LogP) is 1.30. The molecule has 1 saturated heterocycles. The van der Waals surface area contributed by atoms with Crippen LogP contribution in [0, 0.1) is 0 Å². The molecule has 1 N–H and O–H groups in total. The molecule has 1 aliphatic rings. The summed E-state index contributed by atoms with van der Waals surface area (Å²) in [6.45, 7) is 0. The number of methoxy groups -OCH3 is 2. The first-order chi connectivity index (χ1) is 9.58. The molecule has 0 aliphatic carbocycles. The largest absolute Gasteiger partial charge is 0.497 e. The molecule has 0 bridgehead atoms. The van der Waals surface area contributed by atoms with Crippen molar-refractivity contribution in [2.75, 3.05) is 25.8 Å². The minimum Gasteiger partial charge on any atom is -0.497 e. The van der Waals surface area contributed by atoms with Crippen molar-refractivity contribution >= 4 is 23.6 Å². The standard InChI is InChI=1S/C13H15NO5S/c1-18-8-3-4-11(19-2)9(5-8)12(15)14-7-20-6-10(14)13(16)17/h3-5,10H,6-7H2,1-2H3,(H,16,17). The van der Waals surface area contributed by atoms with Gasteiger partial charge < -0.3 is 19.5 Å². The van der Waals surface area contributed by atoms with E-state index >= 15 is 0 Å². The number of amides is 1. The maximum Gasteiger partial charge on any atom is 0.327 e. The number of aliphatic carboxylic acids is 1. The summed E-state index contributed by atoms with van der Waals surface area (Å²) in [6.07, 6.45) is 0. The van der Waals surface area contributed by atoms with Crippen molar-refractivity contribution in [2.24, 2.45) is 0 Å².